The number of nitriles is 1. The van der Waals surface area contributed by atoms with Crippen LogP contribution in [0.25, 0.3) is 0 Å². The first kappa shape index (κ1) is 14.0. The summed E-state index contributed by atoms with van der Waals surface area (Å²) in [6.45, 7) is 0.563. The molecule has 0 saturated carbocycles. The van der Waals surface area contributed by atoms with Crippen molar-refractivity contribution < 1.29 is 8.42 Å². The summed E-state index contributed by atoms with van der Waals surface area (Å²) in [6, 6.07) is 10.6. The van der Waals surface area contributed by atoms with E-state index in [1.165, 1.54) is 0 Å². The Morgan fingerprint density at radius 3 is 2.68 bits per heavy atom. The van der Waals surface area contributed by atoms with Crippen LogP contribution in [0.2, 0.25) is 0 Å². The van der Waals surface area contributed by atoms with Crippen molar-refractivity contribution in [3.05, 3.63) is 30.3 Å². The monoisotopic (exact) mass is 278 g/mol. The highest BCUT2D eigenvalue weighted by atomic mass is 32.2. The number of nitrogens with zero attached hydrogens (tertiary/aromatic N) is 2. The van der Waals surface area contributed by atoms with E-state index in [-0.39, 0.29) is 6.04 Å². The normalized spacial score (nSPS) is 20.9. The van der Waals surface area contributed by atoms with Crippen LogP contribution in [0.15, 0.2) is 35.2 Å². The fraction of sp³-hybridized carbons (Fsp3) is 0.500. The Kier molecular flexibility index (Phi) is 4.56. The van der Waals surface area contributed by atoms with Crippen molar-refractivity contribution >= 4 is 10.0 Å². The summed E-state index contributed by atoms with van der Waals surface area (Å²) in [5.74, 6) is 0. The van der Waals surface area contributed by atoms with Crippen molar-refractivity contribution in [2.45, 2.75) is 43.0 Å². The molecule has 0 aliphatic carbocycles. The van der Waals surface area contributed by atoms with Gasteiger partial charge in [0.1, 0.15) is 0 Å². The Hall–Kier alpha value is -1.38. The minimum Gasteiger partial charge on any atom is -0.207 e. The molecule has 1 atom stereocenters. The molecule has 0 radical (unpaired) electrons. The average molecular weight is 278 g/mol. The third-order valence-corrected chi connectivity index (χ3v) is 5.48. The molecule has 0 spiro atoms. The fourth-order valence-corrected chi connectivity index (χ4v) is 4.28. The van der Waals surface area contributed by atoms with Gasteiger partial charge in [-0.2, -0.15) is 9.57 Å². The number of hydrogen-bond acceptors (Lipinski definition) is 3. The van der Waals surface area contributed by atoms with Crippen LogP contribution in [-0.4, -0.2) is 25.3 Å². The zero-order chi connectivity index (χ0) is 13.7. The van der Waals surface area contributed by atoms with Crippen molar-refractivity contribution in [2.24, 2.45) is 0 Å². The Morgan fingerprint density at radius 1 is 1.26 bits per heavy atom. The van der Waals surface area contributed by atoms with E-state index in [9.17, 15) is 8.42 Å². The van der Waals surface area contributed by atoms with Crippen LogP contribution in [0, 0.1) is 11.3 Å². The maximum absolute atomic E-state index is 12.6. The van der Waals surface area contributed by atoms with E-state index in [2.05, 4.69) is 6.07 Å². The Morgan fingerprint density at radius 2 is 2.00 bits per heavy atom. The Balaban J connectivity index is 2.24. The number of piperidine rings is 1. The van der Waals surface area contributed by atoms with E-state index < -0.39 is 10.0 Å². The number of sulfonamides is 1. The van der Waals surface area contributed by atoms with E-state index in [1.807, 2.05) is 6.07 Å². The number of benzene rings is 1. The van der Waals surface area contributed by atoms with Crippen LogP contribution in [0.1, 0.15) is 32.1 Å². The molecule has 1 unspecified atom stereocenters. The standard InChI is InChI=1S/C14H18N2O2S/c15-11-6-8-13-7-4-5-12-16(13)19(17,18)14-9-2-1-3-10-14/h1-3,9-10,13H,4-8,12H2. The molecule has 0 amide bonds. The van der Waals surface area contributed by atoms with Gasteiger partial charge in [-0.25, -0.2) is 8.42 Å². The molecule has 0 bridgehead atoms. The fourth-order valence-electron chi connectivity index (χ4n) is 2.54. The molecule has 1 saturated heterocycles. The minimum atomic E-state index is -3.42. The van der Waals surface area contributed by atoms with Crippen LogP contribution in [0.3, 0.4) is 0 Å². The molecular weight excluding hydrogens is 260 g/mol. The third-order valence-electron chi connectivity index (χ3n) is 3.51. The summed E-state index contributed by atoms with van der Waals surface area (Å²) >= 11 is 0. The summed E-state index contributed by atoms with van der Waals surface area (Å²) < 4.78 is 26.8. The molecule has 1 aromatic carbocycles. The van der Waals surface area contributed by atoms with Gasteiger partial charge in [0.05, 0.1) is 11.0 Å². The van der Waals surface area contributed by atoms with Gasteiger partial charge in [0, 0.05) is 19.0 Å². The van der Waals surface area contributed by atoms with Crippen molar-refractivity contribution in [3.63, 3.8) is 0 Å². The average Bonchev–Trinajstić information content (AvgIpc) is 2.46. The van der Waals surface area contributed by atoms with Crippen molar-refractivity contribution in [1.82, 2.24) is 4.31 Å². The Bertz CT molecular complexity index is 549. The summed E-state index contributed by atoms with van der Waals surface area (Å²) in [5.41, 5.74) is 0. The smallest absolute Gasteiger partial charge is 0.207 e. The van der Waals surface area contributed by atoms with Crippen LogP contribution in [0.5, 0.6) is 0 Å². The summed E-state index contributed by atoms with van der Waals surface area (Å²) in [5, 5.41) is 8.69. The lowest BCUT2D eigenvalue weighted by Crippen LogP contribution is -2.43. The molecule has 102 valence electrons. The predicted octanol–water partition coefficient (Wildman–Crippen LogP) is 2.53. The Labute approximate surface area is 114 Å². The summed E-state index contributed by atoms with van der Waals surface area (Å²) in [4.78, 5) is 0.346. The second-order valence-electron chi connectivity index (χ2n) is 4.78. The highest BCUT2D eigenvalue weighted by molar-refractivity contribution is 7.89. The zero-order valence-corrected chi connectivity index (χ0v) is 11.6. The van der Waals surface area contributed by atoms with Crippen molar-refractivity contribution in [3.8, 4) is 6.07 Å². The van der Waals surface area contributed by atoms with Crippen LogP contribution in [0.4, 0.5) is 0 Å². The van der Waals surface area contributed by atoms with Gasteiger partial charge in [0.25, 0.3) is 0 Å². The van der Waals surface area contributed by atoms with Gasteiger partial charge < -0.3 is 0 Å². The van der Waals surface area contributed by atoms with Gasteiger partial charge in [-0.15, -0.1) is 0 Å². The van der Waals surface area contributed by atoms with E-state index in [4.69, 9.17) is 5.26 Å². The molecule has 1 aliphatic heterocycles. The topological polar surface area (TPSA) is 61.2 Å². The number of rotatable bonds is 4. The lowest BCUT2D eigenvalue weighted by Gasteiger charge is -2.34. The molecule has 0 N–H and O–H groups in total. The molecule has 0 aromatic heterocycles. The molecule has 1 heterocycles. The molecule has 2 rings (SSSR count). The summed E-state index contributed by atoms with van der Waals surface area (Å²) in [7, 11) is -3.42. The van der Waals surface area contributed by atoms with E-state index in [0.717, 1.165) is 19.3 Å². The predicted molar refractivity (Wildman–Crippen MR) is 72.8 cm³/mol. The first-order chi connectivity index (χ1) is 9.16. The van der Waals surface area contributed by atoms with Gasteiger partial charge in [-0.05, 0) is 31.4 Å². The quantitative estimate of drug-likeness (QED) is 0.850. The van der Waals surface area contributed by atoms with Gasteiger partial charge in [-0.1, -0.05) is 24.6 Å². The molecule has 1 aromatic rings. The largest absolute Gasteiger partial charge is 0.243 e. The van der Waals surface area contributed by atoms with E-state index >= 15 is 0 Å². The highest BCUT2D eigenvalue weighted by Crippen LogP contribution is 2.27. The lowest BCUT2D eigenvalue weighted by molar-refractivity contribution is 0.242. The van der Waals surface area contributed by atoms with Crippen molar-refractivity contribution in [1.29, 1.82) is 5.26 Å². The SMILES string of the molecule is N#CCCC1CCCCN1S(=O)(=O)c1ccccc1. The van der Waals surface area contributed by atoms with Crippen LogP contribution >= 0.6 is 0 Å². The molecule has 1 fully saturated rings. The van der Waals surface area contributed by atoms with Crippen molar-refractivity contribution in [2.75, 3.05) is 6.54 Å². The molecule has 4 nitrogen and oxygen atoms in total. The first-order valence-electron chi connectivity index (χ1n) is 6.60. The molecule has 1 aliphatic rings. The second kappa shape index (κ2) is 6.18. The highest BCUT2D eigenvalue weighted by Gasteiger charge is 2.32. The minimum absolute atomic E-state index is 0.0291. The molecular formula is C14H18N2O2S. The lowest BCUT2D eigenvalue weighted by atomic mass is 10.0. The zero-order valence-electron chi connectivity index (χ0n) is 10.8. The summed E-state index contributed by atoms with van der Waals surface area (Å²) in [6.07, 6.45) is 3.83. The molecule has 5 heteroatoms. The van der Waals surface area contributed by atoms with Gasteiger partial charge in [-0.3, -0.25) is 0 Å². The maximum Gasteiger partial charge on any atom is 0.243 e. The van der Waals surface area contributed by atoms with E-state index in [0.29, 0.717) is 24.3 Å². The van der Waals surface area contributed by atoms with E-state index in [1.54, 1.807) is 28.6 Å². The van der Waals surface area contributed by atoms with Gasteiger partial charge in [0.2, 0.25) is 10.0 Å². The molecule has 19 heavy (non-hydrogen) atoms. The van der Waals surface area contributed by atoms with Gasteiger partial charge in [0.15, 0.2) is 0 Å². The maximum atomic E-state index is 12.6. The second-order valence-corrected chi connectivity index (χ2v) is 6.67. The third kappa shape index (κ3) is 3.14. The first-order valence-corrected chi connectivity index (χ1v) is 8.04. The van der Waals surface area contributed by atoms with Gasteiger partial charge >= 0.3 is 0 Å². The number of hydrogen-bond donors (Lipinski definition) is 0. The van der Waals surface area contributed by atoms with Crippen LogP contribution < -0.4 is 0 Å². The van der Waals surface area contributed by atoms with Crippen LogP contribution in [-0.2, 0) is 10.0 Å².